The molecule has 1 aromatic heterocycles. The van der Waals surface area contributed by atoms with E-state index in [-0.39, 0.29) is 24.1 Å². The van der Waals surface area contributed by atoms with Gasteiger partial charge in [0.05, 0.1) is 23.0 Å². The highest BCUT2D eigenvalue weighted by Crippen LogP contribution is 2.20. The SMILES string of the molecule is Cc1nnc(SCC(=O)N(C)CC(=O)Nc2ccccc2Cl)n1N. The molecule has 0 radical (unpaired) electrons. The van der Waals surface area contributed by atoms with Crippen LogP contribution in [0, 0.1) is 6.92 Å². The van der Waals surface area contributed by atoms with Crippen molar-refractivity contribution in [1.29, 1.82) is 0 Å². The predicted octanol–water partition coefficient (Wildman–Crippen LogP) is 1.14. The van der Waals surface area contributed by atoms with Gasteiger partial charge in [-0.15, -0.1) is 10.2 Å². The molecule has 10 heteroatoms. The quantitative estimate of drug-likeness (QED) is 0.585. The number of rotatable bonds is 6. The monoisotopic (exact) mass is 368 g/mol. The maximum absolute atomic E-state index is 12.1. The first kappa shape index (κ1) is 18.1. The van der Waals surface area contributed by atoms with Crippen molar-refractivity contribution in [1.82, 2.24) is 19.8 Å². The number of carbonyl (C=O) groups excluding carboxylic acids is 2. The van der Waals surface area contributed by atoms with E-state index >= 15 is 0 Å². The number of amides is 2. The molecule has 2 aromatic rings. The minimum Gasteiger partial charge on any atom is -0.336 e. The van der Waals surface area contributed by atoms with E-state index in [0.717, 1.165) is 11.8 Å². The van der Waals surface area contributed by atoms with E-state index in [2.05, 4.69) is 15.5 Å². The Kier molecular flexibility index (Phi) is 6.04. The number of likely N-dealkylation sites (N-methyl/N-ethyl adjacent to an activating group) is 1. The first-order valence-electron chi connectivity index (χ1n) is 6.96. The number of nitrogens with one attached hydrogen (secondary N) is 1. The van der Waals surface area contributed by atoms with Crippen LogP contribution >= 0.6 is 23.4 Å². The van der Waals surface area contributed by atoms with Crippen LogP contribution in [0.2, 0.25) is 5.02 Å². The molecule has 0 unspecified atom stereocenters. The summed E-state index contributed by atoms with van der Waals surface area (Å²) in [5.41, 5.74) is 0.506. The van der Waals surface area contributed by atoms with E-state index in [1.54, 1.807) is 38.2 Å². The number of halogens is 1. The highest BCUT2D eigenvalue weighted by Gasteiger charge is 2.16. The van der Waals surface area contributed by atoms with Crippen LogP contribution in [0.1, 0.15) is 5.82 Å². The molecule has 1 heterocycles. The molecule has 8 nitrogen and oxygen atoms in total. The lowest BCUT2D eigenvalue weighted by atomic mass is 10.3. The molecule has 2 amide bonds. The van der Waals surface area contributed by atoms with Gasteiger partial charge in [-0.25, -0.2) is 4.68 Å². The normalized spacial score (nSPS) is 10.5. The summed E-state index contributed by atoms with van der Waals surface area (Å²) in [6.45, 7) is 1.63. The lowest BCUT2D eigenvalue weighted by Gasteiger charge is -2.16. The minimum atomic E-state index is -0.332. The van der Waals surface area contributed by atoms with Crippen LogP contribution in [0.3, 0.4) is 0 Å². The van der Waals surface area contributed by atoms with Crippen molar-refractivity contribution in [2.24, 2.45) is 0 Å². The second kappa shape index (κ2) is 8.02. The van der Waals surface area contributed by atoms with Crippen LogP contribution in [0.25, 0.3) is 0 Å². The highest BCUT2D eigenvalue weighted by atomic mass is 35.5. The Balaban J connectivity index is 1.83. The Hall–Kier alpha value is -2.26. The van der Waals surface area contributed by atoms with Crippen molar-refractivity contribution in [3.05, 3.63) is 35.1 Å². The van der Waals surface area contributed by atoms with E-state index in [0.29, 0.717) is 21.7 Å². The number of nitrogens with zero attached hydrogens (tertiary/aromatic N) is 4. The van der Waals surface area contributed by atoms with E-state index in [4.69, 9.17) is 17.4 Å². The standard InChI is InChI=1S/C14H17ClN6O2S/c1-9-18-19-14(21(9)16)24-8-13(23)20(2)7-12(22)17-11-6-4-3-5-10(11)15/h3-6H,7-8,16H2,1-2H3,(H,17,22). The van der Waals surface area contributed by atoms with Gasteiger partial charge in [0.2, 0.25) is 17.0 Å². The minimum absolute atomic E-state index is 0.0844. The number of benzene rings is 1. The van der Waals surface area contributed by atoms with Crippen LogP contribution in [-0.4, -0.2) is 50.9 Å². The Morgan fingerprint density at radius 3 is 2.71 bits per heavy atom. The van der Waals surface area contributed by atoms with E-state index in [9.17, 15) is 9.59 Å². The number of hydrogen-bond donors (Lipinski definition) is 2. The number of thioether (sulfide) groups is 1. The third-order valence-electron chi connectivity index (χ3n) is 3.11. The predicted molar refractivity (Wildman–Crippen MR) is 93.4 cm³/mol. The zero-order valence-electron chi connectivity index (χ0n) is 13.2. The summed E-state index contributed by atoms with van der Waals surface area (Å²) in [6.07, 6.45) is 0. The number of anilines is 1. The molecule has 1 aromatic carbocycles. The summed E-state index contributed by atoms with van der Waals surface area (Å²) in [4.78, 5) is 25.4. The molecule has 0 aliphatic rings. The first-order valence-corrected chi connectivity index (χ1v) is 8.33. The average Bonchev–Trinajstić information content (AvgIpc) is 2.86. The van der Waals surface area contributed by atoms with Crippen molar-refractivity contribution in [2.45, 2.75) is 12.1 Å². The summed E-state index contributed by atoms with van der Waals surface area (Å²) in [7, 11) is 1.55. The molecule has 3 N–H and O–H groups in total. The third-order valence-corrected chi connectivity index (χ3v) is 4.37. The lowest BCUT2D eigenvalue weighted by molar-refractivity contribution is -0.131. The number of carbonyl (C=O) groups is 2. The van der Waals surface area contributed by atoms with Gasteiger partial charge >= 0.3 is 0 Å². The smallest absolute Gasteiger partial charge is 0.244 e. The summed E-state index contributed by atoms with van der Waals surface area (Å²) >= 11 is 7.13. The van der Waals surface area contributed by atoms with E-state index < -0.39 is 0 Å². The third kappa shape index (κ3) is 4.62. The fourth-order valence-electron chi connectivity index (χ4n) is 1.74. The number of nitrogens with two attached hydrogens (primary N) is 1. The second-order valence-electron chi connectivity index (χ2n) is 4.97. The van der Waals surface area contributed by atoms with Gasteiger partial charge < -0.3 is 16.1 Å². The maximum atomic E-state index is 12.1. The molecule has 0 aliphatic carbocycles. The van der Waals surface area contributed by atoms with Crippen molar-refractivity contribution < 1.29 is 9.59 Å². The van der Waals surface area contributed by atoms with Crippen LogP contribution in [0.5, 0.6) is 0 Å². The largest absolute Gasteiger partial charge is 0.336 e. The number of hydrogen-bond acceptors (Lipinski definition) is 6. The Bertz CT molecular complexity index is 751. The summed E-state index contributed by atoms with van der Waals surface area (Å²) in [6, 6.07) is 6.89. The Labute approximate surface area is 148 Å². The van der Waals surface area contributed by atoms with Gasteiger partial charge in [0, 0.05) is 7.05 Å². The van der Waals surface area contributed by atoms with Crippen LogP contribution in [0.4, 0.5) is 5.69 Å². The number of nitrogen functional groups attached to an aromatic ring is 1. The molecule has 0 fully saturated rings. The summed E-state index contributed by atoms with van der Waals surface area (Å²) < 4.78 is 1.31. The van der Waals surface area contributed by atoms with Crippen molar-refractivity contribution in [2.75, 3.05) is 30.5 Å². The average molecular weight is 369 g/mol. The van der Waals surface area contributed by atoms with Gasteiger partial charge in [-0.3, -0.25) is 9.59 Å². The molecule has 0 atom stereocenters. The number of para-hydroxylation sites is 1. The molecule has 0 aliphatic heterocycles. The molecule has 0 saturated carbocycles. The van der Waals surface area contributed by atoms with Gasteiger partial charge in [0.1, 0.15) is 5.82 Å². The fourth-order valence-corrected chi connectivity index (χ4v) is 2.77. The second-order valence-corrected chi connectivity index (χ2v) is 6.32. The maximum Gasteiger partial charge on any atom is 0.244 e. The zero-order chi connectivity index (χ0) is 17.7. The van der Waals surface area contributed by atoms with Crippen LogP contribution < -0.4 is 11.2 Å². The highest BCUT2D eigenvalue weighted by molar-refractivity contribution is 7.99. The van der Waals surface area contributed by atoms with Gasteiger partial charge in [0.15, 0.2) is 0 Å². The van der Waals surface area contributed by atoms with Gasteiger partial charge in [-0.05, 0) is 19.1 Å². The van der Waals surface area contributed by atoms with Crippen molar-refractivity contribution >= 4 is 40.9 Å². The Morgan fingerprint density at radius 1 is 1.38 bits per heavy atom. The summed E-state index contributed by atoms with van der Waals surface area (Å²) in [5, 5.41) is 11.2. The molecule has 24 heavy (non-hydrogen) atoms. The lowest BCUT2D eigenvalue weighted by Crippen LogP contribution is -2.36. The first-order chi connectivity index (χ1) is 11.4. The van der Waals surface area contributed by atoms with Crippen molar-refractivity contribution in [3.8, 4) is 0 Å². The van der Waals surface area contributed by atoms with Gasteiger partial charge in [-0.2, -0.15) is 0 Å². The van der Waals surface area contributed by atoms with Crippen LogP contribution in [0.15, 0.2) is 29.4 Å². The van der Waals surface area contributed by atoms with E-state index in [1.165, 1.54) is 9.58 Å². The van der Waals surface area contributed by atoms with Crippen molar-refractivity contribution in [3.63, 3.8) is 0 Å². The van der Waals surface area contributed by atoms with Gasteiger partial charge in [0.25, 0.3) is 0 Å². The summed E-state index contributed by atoms with van der Waals surface area (Å²) in [5.74, 6) is 5.81. The zero-order valence-corrected chi connectivity index (χ0v) is 14.8. The molecule has 128 valence electrons. The molecule has 0 spiro atoms. The van der Waals surface area contributed by atoms with Crippen LogP contribution in [-0.2, 0) is 9.59 Å². The number of aromatic nitrogens is 3. The molecular formula is C14H17ClN6O2S. The molecular weight excluding hydrogens is 352 g/mol. The molecule has 2 rings (SSSR count). The van der Waals surface area contributed by atoms with E-state index in [1.807, 2.05) is 0 Å². The molecule has 0 bridgehead atoms. The Morgan fingerprint density at radius 2 is 2.08 bits per heavy atom. The fraction of sp³-hybridized carbons (Fsp3) is 0.286. The van der Waals surface area contributed by atoms with Gasteiger partial charge in [-0.1, -0.05) is 35.5 Å². The topological polar surface area (TPSA) is 106 Å². The number of aryl methyl sites for hydroxylation is 1. The molecule has 0 saturated heterocycles.